The molecule has 4 saturated heterocycles. The minimum atomic E-state index is -0.576. The van der Waals surface area contributed by atoms with Crippen molar-refractivity contribution in [1.82, 2.24) is 63.0 Å². The summed E-state index contributed by atoms with van der Waals surface area (Å²) in [7, 11) is 3.29. The minimum absolute atomic E-state index is 0.00349. The summed E-state index contributed by atoms with van der Waals surface area (Å²) in [6.45, 7) is 36.0. The quantitative estimate of drug-likeness (QED) is 0.0304. The normalized spacial score (nSPS) is 14.4. The van der Waals surface area contributed by atoms with Gasteiger partial charge in [0.2, 0.25) is 23.8 Å². The number of aromatic nitrogens is 12. The molecule has 0 atom stereocenters. The van der Waals surface area contributed by atoms with Gasteiger partial charge in [-0.3, -0.25) is 42.9 Å². The number of nitrogens with zero attached hydrogens (tertiary/aromatic N) is 17. The third kappa shape index (κ3) is 27.1. The molecule has 143 heavy (non-hydrogen) atoms. The maximum Gasteiger partial charge on any atom is 0.293 e. The smallest absolute Gasteiger partial charge is 0.293 e. The van der Waals surface area contributed by atoms with Gasteiger partial charge < -0.3 is 78.4 Å². The molecule has 4 fully saturated rings. The average molecular weight is 2020 g/mol. The van der Waals surface area contributed by atoms with Crippen molar-refractivity contribution in [3.63, 3.8) is 0 Å². The van der Waals surface area contributed by atoms with Gasteiger partial charge in [0.1, 0.15) is 40.7 Å². The Morgan fingerprint density at radius 1 is 0.378 bits per heavy atom. The molecule has 0 radical (unpaired) electrons. The van der Waals surface area contributed by atoms with Gasteiger partial charge in [-0.2, -0.15) is 19.9 Å². The zero-order valence-electron chi connectivity index (χ0n) is 84.5. The number of fused-ring (bicyclic) bond motifs is 4. The highest BCUT2D eigenvalue weighted by atomic mass is 35.5. The molecular weight excluding hydrogens is 1890 g/mol. The second-order valence-electron chi connectivity index (χ2n) is 38.5. The maximum atomic E-state index is 15.4. The van der Waals surface area contributed by atoms with Crippen LogP contribution in [0.15, 0.2) is 135 Å². The van der Waals surface area contributed by atoms with Crippen LogP contribution in [0.2, 0.25) is 15.1 Å². The van der Waals surface area contributed by atoms with E-state index < -0.39 is 17.2 Å². The first-order valence-electron chi connectivity index (χ1n) is 49.3. The summed E-state index contributed by atoms with van der Waals surface area (Å²) in [6, 6.07) is 25.6. The number of likely N-dealkylation sites (N-methyl/N-ethyl adjacent to an activating group) is 1. The number of carbonyl (C=O) groups excluding carboxylic acids is 4. The van der Waals surface area contributed by atoms with Crippen LogP contribution in [-0.4, -0.2) is 179 Å². The number of halogens is 5. The van der Waals surface area contributed by atoms with Crippen LogP contribution >= 0.6 is 34.8 Å². The second-order valence-corrected chi connectivity index (χ2v) is 39.7. The Bertz CT molecular complexity index is 6850. The van der Waals surface area contributed by atoms with Crippen LogP contribution in [0.5, 0.6) is 23.0 Å². The fourth-order valence-electron chi connectivity index (χ4n) is 17.2. The first-order chi connectivity index (χ1) is 68.3. The van der Waals surface area contributed by atoms with E-state index in [1.165, 1.54) is 34.0 Å². The molecule has 38 heteroatoms. The lowest BCUT2D eigenvalue weighted by atomic mass is 10.00. The first kappa shape index (κ1) is 107. The Morgan fingerprint density at radius 2 is 0.664 bits per heavy atom. The molecule has 8 aromatic heterocycles. The fraction of sp³-hybridized carbons (Fsp3) is 0.467. The molecular formula is C105H130Cl3F2N21O12. The average Bonchev–Trinajstić information content (AvgIpc) is 0.755. The van der Waals surface area contributed by atoms with Gasteiger partial charge in [-0.1, -0.05) is 83.3 Å². The number of ether oxygens (including phenoxy) is 4. The molecule has 0 aliphatic carbocycles. The van der Waals surface area contributed by atoms with Gasteiger partial charge in [0.05, 0.1) is 46.9 Å². The van der Waals surface area contributed by atoms with Crippen LogP contribution in [0.4, 0.5) is 78.6 Å². The summed E-state index contributed by atoms with van der Waals surface area (Å²) in [4.78, 5) is 146. The number of pyridine rings is 4. The number of amides is 1. The zero-order chi connectivity index (χ0) is 103. The summed E-state index contributed by atoms with van der Waals surface area (Å²) >= 11 is 19.2. The summed E-state index contributed by atoms with van der Waals surface area (Å²) in [5.41, 5.74) is 3.66. The van der Waals surface area contributed by atoms with Gasteiger partial charge in [-0.05, 0) is 228 Å². The number of nitrogens with one attached hydrogen (secondary N) is 4. The minimum Gasteiger partial charge on any atom is -0.480 e. The van der Waals surface area contributed by atoms with Crippen LogP contribution in [0, 0.1) is 35.3 Å². The molecule has 4 N–H and O–H groups in total. The second kappa shape index (κ2) is 48.8. The first-order valence-corrected chi connectivity index (χ1v) is 50.4. The Labute approximate surface area is 845 Å². The van der Waals surface area contributed by atoms with E-state index in [-0.39, 0.29) is 125 Å². The van der Waals surface area contributed by atoms with Crippen molar-refractivity contribution in [3.05, 3.63) is 184 Å². The molecule has 12 aromatic rings. The van der Waals surface area contributed by atoms with E-state index in [1.54, 1.807) is 98.2 Å². The number of piperidine rings is 4. The van der Waals surface area contributed by atoms with E-state index in [4.69, 9.17) is 58.7 Å². The molecule has 4 aliphatic heterocycles. The van der Waals surface area contributed by atoms with Crippen LogP contribution in [0.25, 0.3) is 43.6 Å². The number of anilines is 12. The van der Waals surface area contributed by atoms with E-state index in [1.807, 2.05) is 97.0 Å². The summed E-state index contributed by atoms with van der Waals surface area (Å²) in [6.07, 6.45) is 16.5. The topological polar surface area (TPSA) is 361 Å². The number of hydrogen-bond donors (Lipinski definition) is 4. The molecule has 33 nitrogen and oxygen atoms in total. The lowest BCUT2D eigenvalue weighted by Gasteiger charge is -2.30. The van der Waals surface area contributed by atoms with Crippen LogP contribution in [-0.2, 0) is 19.2 Å². The largest absolute Gasteiger partial charge is 0.480 e. The number of carbonyl (C=O) groups is 4. The van der Waals surface area contributed by atoms with Gasteiger partial charge in [0, 0.05) is 154 Å². The highest BCUT2D eigenvalue weighted by Crippen LogP contribution is 2.38. The summed E-state index contributed by atoms with van der Waals surface area (Å²) in [5.74, 6) is 5.46. The number of benzene rings is 4. The molecule has 4 aliphatic rings. The maximum absolute atomic E-state index is 15.4. The Hall–Kier alpha value is -13.2. The molecule has 0 saturated carbocycles. The molecule has 0 unspecified atom stereocenters. The number of Topliss-reactive ketones (excluding diaryl/α,β-unsaturated/α-hetero) is 3. The Balaban J connectivity index is 0.000000160. The molecule has 1 amide bonds. The van der Waals surface area contributed by atoms with Crippen molar-refractivity contribution >= 4 is 171 Å². The monoisotopic (exact) mass is 2020 g/mol. The Kier molecular flexibility index (Phi) is 36.5. The zero-order valence-corrected chi connectivity index (χ0v) is 86.7. The summed E-state index contributed by atoms with van der Waals surface area (Å²) < 4.78 is 58.7. The van der Waals surface area contributed by atoms with Crippen LogP contribution in [0.1, 0.15) is 205 Å². The van der Waals surface area contributed by atoms with Crippen molar-refractivity contribution in [2.24, 2.45) is 23.7 Å². The van der Waals surface area contributed by atoms with E-state index in [9.17, 15) is 42.7 Å². The lowest BCUT2D eigenvalue weighted by molar-refractivity contribution is -0.130. The Morgan fingerprint density at radius 3 is 0.986 bits per heavy atom. The summed E-state index contributed by atoms with van der Waals surface area (Å²) in [5, 5.41) is 16.7. The van der Waals surface area contributed by atoms with E-state index >= 15 is 4.39 Å². The lowest BCUT2D eigenvalue weighted by Crippen LogP contribution is -2.34. The third-order valence-corrected chi connectivity index (χ3v) is 26.5. The van der Waals surface area contributed by atoms with Crippen molar-refractivity contribution < 1.29 is 46.9 Å². The molecule has 16 rings (SSSR count). The molecule has 4 aromatic carbocycles. The van der Waals surface area contributed by atoms with Crippen molar-refractivity contribution in [3.8, 4) is 23.0 Å². The van der Waals surface area contributed by atoms with Crippen molar-refractivity contribution in [1.29, 1.82) is 0 Å². The van der Waals surface area contributed by atoms with Gasteiger partial charge >= 0.3 is 0 Å². The van der Waals surface area contributed by atoms with Gasteiger partial charge in [-0.25, -0.2) is 28.7 Å². The van der Waals surface area contributed by atoms with Crippen molar-refractivity contribution in [2.75, 3.05) is 134 Å². The van der Waals surface area contributed by atoms with E-state index in [0.29, 0.717) is 116 Å². The van der Waals surface area contributed by atoms with Gasteiger partial charge in [0.25, 0.3) is 28.1 Å². The predicted molar refractivity (Wildman–Crippen MR) is 564 cm³/mol. The molecule has 0 bridgehead atoms. The standard InChI is InChI=1S/C27H34ClN5O3.C26H31ClFN5O3.C26H33ClN6O3.C26H32FN5O3/c1-5-6-21(34)16-36-24-14-19-13-20(7-8-23(19)33(17(2)3)26(24)35)30-25-22(28)15-29-27(31-25)32-11-9-18(4)10-12-32;1-5-19(34)14-36-22-11-17-10-18(12-21(28)23(17)33(15(2)3)25(22)35)30-24-20(27)13-29-26(31-24)32-8-6-16(4)7-9-32;1-16(2)33-21-7-6-19(12-18(21)13-22(25(33)35)36-15-23(34)31(4)5)29-24-20(27)14-28-26(30-24)32-10-8-17(3)9-11-32;1-5-20(33)15-35-23-13-18-12-19(6-7-22(18)32(16(2)3)25(23)34)29-24-21(27)14-28-26(30-24)31-10-8-17(4)9-11-31/h7-8,13-15,17-18H,5-6,9-12,16H2,1-4H3,(H,29,30,31);10-13,15-16H,5-9,14H2,1-4H3,(H,29,30,31);6-7,12-14,16-17H,8-11,15H2,1-5H3,(H,28,29,30);6-7,12-14,16-17H,5,8-11,15H2,1-4H3,(H,28,29,30). The number of ketones is 3. The number of rotatable bonds is 32. The highest BCUT2D eigenvalue weighted by molar-refractivity contribution is 6.33. The molecule has 12 heterocycles. The highest BCUT2D eigenvalue weighted by Gasteiger charge is 2.29. The van der Waals surface area contributed by atoms with Gasteiger partial charge in [-0.15, -0.1) is 0 Å². The van der Waals surface area contributed by atoms with Crippen LogP contribution < -0.4 is 82.1 Å². The molecule has 0 spiro atoms. The van der Waals surface area contributed by atoms with Gasteiger partial charge in [0.15, 0.2) is 76.0 Å². The van der Waals surface area contributed by atoms with E-state index in [2.05, 4.69) is 103 Å². The number of hydrogen-bond acceptors (Lipinski definition) is 28. The SMILES string of the molecule is CC1CCN(c2ncc(Cl)c(Nc3ccc4c(c3)cc(OCC(=O)N(C)C)c(=O)n4C(C)C)n2)CC1.CCC(=O)COc1cc2cc(Nc3nc(N4CCC(C)CC4)ncc3Cl)cc(F)c2n(C(C)C)c1=O.CCC(=O)COc1cc2cc(Nc3nc(N4CCC(C)CC4)ncc3F)ccc2n(C(C)C)c1=O.CCCC(=O)COc1cc2cc(Nc3nc(N4CCC(C)CC4)ncc3Cl)ccc2n(C(C)C)c1=O. The van der Waals surface area contributed by atoms with Crippen LogP contribution in [0.3, 0.4) is 0 Å². The fourth-order valence-corrected chi connectivity index (χ4v) is 17.6. The van der Waals surface area contributed by atoms with E-state index in [0.717, 1.165) is 154 Å². The molecule has 762 valence electrons. The third-order valence-electron chi connectivity index (χ3n) is 25.7. The van der Waals surface area contributed by atoms with Crippen molar-refractivity contribution in [2.45, 2.75) is 205 Å². The predicted octanol–water partition coefficient (Wildman–Crippen LogP) is 20.6.